The molecule has 0 amide bonds. The van der Waals surface area contributed by atoms with Crippen molar-refractivity contribution < 1.29 is 0 Å². The van der Waals surface area contributed by atoms with Gasteiger partial charge in [0.1, 0.15) is 0 Å². The maximum Gasteiger partial charge on any atom is 0.0595 e. The summed E-state index contributed by atoms with van der Waals surface area (Å²) in [6.07, 6.45) is 1.05. The number of nitrogens with zero attached hydrogens (tertiary/aromatic N) is 1. The molecule has 0 saturated heterocycles. The maximum absolute atomic E-state index is 5.65. The minimum Gasteiger partial charge on any atom is -0.297 e. The normalized spacial score (nSPS) is 17.5. The number of hydrazine groups is 1. The first-order chi connectivity index (χ1) is 6.97. The third-order valence-electron chi connectivity index (χ3n) is 3.48. The van der Waals surface area contributed by atoms with E-state index in [0.717, 1.165) is 25.1 Å². The Morgan fingerprint density at radius 3 is 2.07 bits per heavy atom. The van der Waals surface area contributed by atoms with Gasteiger partial charge in [-0.3, -0.25) is 16.2 Å². The van der Waals surface area contributed by atoms with Crippen molar-refractivity contribution in [3.8, 4) is 0 Å². The van der Waals surface area contributed by atoms with Gasteiger partial charge in [0.25, 0.3) is 0 Å². The van der Waals surface area contributed by atoms with Crippen molar-refractivity contribution in [1.29, 1.82) is 0 Å². The van der Waals surface area contributed by atoms with Crippen LogP contribution in [0.4, 0.5) is 0 Å². The fraction of sp³-hybridized carbons (Fsp3) is 0.833. The van der Waals surface area contributed by atoms with Gasteiger partial charge in [-0.25, -0.2) is 0 Å². The molecule has 3 N–H and O–H groups in total. The van der Waals surface area contributed by atoms with E-state index in [1.54, 1.807) is 0 Å². The minimum absolute atomic E-state index is 0.0457. The predicted octanol–water partition coefficient (Wildman–Crippen LogP) is 1.90. The van der Waals surface area contributed by atoms with Crippen molar-refractivity contribution in [2.24, 2.45) is 5.84 Å². The zero-order chi connectivity index (χ0) is 12.1. The molecule has 3 nitrogen and oxygen atoms in total. The Hall–Kier alpha value is -0.380. The molecular weight excluding hydrogens is 186 g/mol. The summed E-state index contributed by atoms with van der Waals surface area (Å²) in [6.45, 7) is 16.9. The second-order valence-corrected chi connectivity index (χ2v) is 4.33. The summed E-state index contributed by atoms with van der Waals surface area (Å²) in [6, 6.07) is 0.141. The lowest BCUT2D eigenvalue weighted by Crippen LogP contribution is -2.61. The molecule has 0 aliphatic heterocycles. The molecule has 0 saturated carbocycles. The van der Waals surface area contributed by atoms with Crippen LogP contribution in [0.2, 0.25) is 0 Å². The Kier molecular flexibility index (Phi) is 6.10. The van der Waals surface area contributed by atoms with Gasteiger partial charge < -0.3 is 0 Å². The highest BCUT2D eigenvalue weighted by molar-refractivity contribution is 5.12. The Morgan fingerprint density at radius 1 is 1.40 bits per heavy atom. The molecule has 0 aromatic rings. The summed E-state index contributed by atoms with van der Waals surface area (Å²) in [5.74, 6) is 5.65. The minimum atomic E-state index is 0.0457. The first-order valence-corrected chi connectivity index (χ1v) is 5.84. The van der Waals surface area contributed by atoms with E-state index in [1.165, 1.54) is 0 Å². The molecule has 0 aromatic heterocycles. The Morgan fingerprint density at radius 2 is 1.87 bits per heavy atom. The van der Waals surface area contributed by atoms with Gasteiger partial charge in [0.2, 0.25) is 0 Å². The van der Waals surface area contributed by atoms with Crippen LogP contribution in [-0.4, -0.2) is 29.6 Å². The van der Waals surface area contributed by atoms with Crippen LogP contribution in [0.25, 0.3) is 0 Å². The van der Waals surface area contributed by atoms with E-state index < -0.39 is 0 Å². The lowest BCUT2D eigenvalue weighted by molar-refractivity contribution is 0.0828. The largest absolute Gasteiger partial charge is 0.297 e. The lowest BCUT2D eigenvalue weighted by Gasteiger charge is -2.45. The zero-order valence-electron chi connectivity index (χ0n) is 10.9. The molecule has 0 spiro atoms. The molecule has 0 aliphatic carbocycles. The molecule has 0 bridgehead atoms. The van der Waals surface area contributed by atoms with Gasteiger partial charge in [-0.15, -0.1) is 0 Å². The molecule has 0 rings (SSSR count). The van der Waals surface area contributed by atoms with E-state index in [9.17, 15) is 0 Å². The quantitative estimate of drug-likeness (QED) is 0.385. The highest BCUT2D eigenvalue weighted by atomic mass is 15.3. The SMILES string of the molecule is C=C(C)C(NN)C(C)(CC)N(CC)CC. The van der Waals surface area contributed by atoms with E-state index in [2.05, 4.69) is 44.6 Å². The van der Waals surface area contributed by atoms with Gasteiger partial charge in [-0.2, -0.15) is 0 Å². The summed E-state index contributed by atoms with van der Waals surface area (Å²) in [7, 11) is 0. The fourth-order valence-electron chi connectivity index (χ4n) is 2.41. The topological polar surface area (TPSA) is 41.3 Å². The fourth-order valence-corrected chi connectivity index (χ4v) is 2.41. The van der Waals surface area contributed by atoms with E-state index >= 15 is 0 Å². The molecule has 0 aromatic carbocycles. The Bertz CT molecular complexity index is 199. The summed E-state index contributed by atoms with van der Waals surface area (Å²) < 4.78 is 0. The van der Waals surface area contributed by atoms with Crippen molar-refractivity contribution in [2.45, 2.75) is 52.6 Å². The summed E-state index contributed by atoms with van der Waals surface area (Å²) >= 11 is 0. The van der Waals surface area contributed by atoms with Gasteiger partial charge in [0, 0.05) is 5.54 Å². The van der Waals surface area contributed by atoms with Gasteiger partial charge in [-0.1, -0.05) is 32.9 Å². The predicted molar refractivity (Wildman–Crippen MR) is 67.5 cm³/mol. The monoisotopic (exact) mass is 213 g/mol. The molecule has 0 aliphatic rings. The molecule has 15 heavy (non-hydrogen) atoms. The molecule has 0 fully saturated rings. The van der Waals surface area contributed by atoms with Crippen LogP contribution in [0.5, 0.6) is 0 Å². The Labute approximate surface area is 94.7 Å². The van der Waals surface area contributed by atoms with Crippen LogP contribution < -0.4 is 11.3 Å². The molecule has 90 valence electrons. The highest BCUT2D eigenvalue weighted by Gasteiger charge is 2.36. The van der Waals surface area contributed by atoms with Gasteiger partial charge in [0.15, 0.2) is 0 Å². The molecule has 0 heterocycles. The third kappa shape index (κ3) is 3.03. The van der Waals surface area contributed by atoms with Crippen LogP contribution >= 0.6 is 0 Å². The zero-order valence-corrected chi connectivity index (χ0v) is 10.9. The second-order valence-electron chi connectivity index (χ2n) is 4.33. The lowest BCUT2D eigenvalue weighted by atomic mass is 9.84. The Balaban J connectivity index is 5.02. The summed E-state index contributed by atoms with van der Waals surface area (Å²) in [5, 5.41) is 0. The number of hydrogen-bond acceptors (Lipinski definition) is 3. The van der Waals surface area contributed by atoms with Crippen LogP contribution in [0.1, 0.15) is 41.0 Å². The smallest absolute Gasteiger partial charge is 0.0595 e. The van der Waals surface area contributed by atoms with Crippen LogP contribution in [0.15, 0.2) is 12.2 Å². The first kappa shape index (κ1) is 14.6. The second kappa shape index (κ2) is 6.26. The summed E-state index contributed by atoms with van der Waals surface area (Å²) in [5.41, 5.74) is 4.04. The van der Waals surface area contributed by atoms with Gasteiger partial charge >= 0.3 is 0 Å². The van der Waals surface area contributed by atoms with E-state index in [4.69, 9.17) is 5.84 Å². The number of hydrogen-bond donors (Lipinski definition) is 2. The number of rotatable bonds is 7. The van der Waals surface area contributed by atoms with Crippen LogP contribution in [0, 0.1) is 0 Å². The standard InChI is InChI=1S/C12H27N3/c1-7-12(6,15(8-2)9-3)11(14-13)10(4)5/h11,14H,4,7-9,13H2,1-3,5-6H3. The van der Waals surface area contributed by atoms with Crippen LogP contribution in [-0.2, 0) is 0 Å². The van der Waals surface area contributed by atoms with Crippen LogP contribution in [0.3, 0.4) is 0 Å². The van der Waals surface area contributed by atoms with Gasteiger partial charge in [0.05, 0.1) is 6.04 Å². The third-order valence-corrected chi connectivity index (χ3v) is 3.48. The average Bonchev–Trinajstić information content (AvgIpc) is 2.19. The van der Waals surface area contributed by atoms with Gasteiger partial charge in [-0.05, 0) is 33.4 Å². The van der Waals surface area contributed by atoms with E-state index in [1.807, 2.05) is 6.92 Å². The number of nitrogens with two attached hydrogens (primary N) is 1. The molecule has 2 atom stereocenters. The number of likely N-dealkylation sites (N-methyl/N-ethyl adjacent to an activating group) is 1. The molecule has 0 radical (unpaired) electrons. The molecular formula is C12H27N3. The highest BCUT2D eigenvalue weighted by Crippen LogP contribution is 2.26. The van der Waals surface area contributed by atoms with Crippen molar-refractivity contribution in [3.05, 3.63) is 12.2 Å². The molecule has 3 heteroatoms. The number of nitrogens with one attached hydrogen (secondary N) is 1. The van der Waals surface area contributed by atoms with Crippen molar-refractivity contribution >= 4 is 0 Å². The van der Waals surface area contributed by atoms with Crippen molar-refractivity contribution in [2.75, 3.05) is 13.1 Å². The van der Waals surface area contributed by atoms with E-state index in [-0.39, 0.29) is 11.6 Å². The van der Waals surface area contributed by atoms with Crippen molar-refractivity contribution in [1.82, 2.24) is 10.3 Å². The maximum atomic E-state index is 5.65. The average molecular weight is 213 g/mol. The van der Waals surface area contributed by atoms with Crippen molar-refractivity contribution in [3.63, 3.8) is 0 Å². The molecule has 2 unspecified atom stereocenters. The first-order valence-electron chi connectivity index (χ1n) is 5.84. The van der Waals surface area contributed by atoms with E-state index in [0.29, 0.717) is 0 Å². The summed E-state index contributed by atoms with van der Waals surface area (Å²) in [4.78, 5) is 2.44.